The summed E-state index contributed by atoms with van der Waals surface area (Å²) < 4.78 is 0. The normalized spacial score (nSPS) is 13.8. The molecule has 2 aromatic rings. The van der Waals surface area contributed by atoms with E-state index in [-0.39, 0.29) is 0 Å². The van der Waals surface area contributed by atoms with Crippen LogP contribution in [0.5, 0.6) is 0 Å². The van der Waals surface area contributed by atoms with Crippen LogP contribution in [0.25, 0.3) is 5.70 Å². The number of anilines is 1. The van der Waals surface area contributed by atoms with Gasteiger partial charge in [-0.1, -0.05) is 56.6 Å². The van der Waals surface area contributed by atoms with E-state index in [4.69, 9.17) is 16.6 Å². The van der Waals surface area contributed by atoms with E-state index in [1.807, 2.05) is 18.2 Å². The van der Waals surface area contributed by atoms with Crippen molar-refractivity contribution in [3.05, 3.63) is 65.2 Å². The van der Waals surface area contributed by atoms with Crippen LogP contribution >= 0.6 is 11.6 Å². The van der Waals surface area contributed by atoms with Crippen LogP contribution in [0, 0.1) is 0 Å². The van der Waals surface area contributed by atoms with Crippen LogP contribution in [0.1, 0.15) is 37.8 Å². The highest BCUT2D eigenvalue weighted by molar-refractivity contribution is 6.31. The first kappa shape index (κ1) is 15.8. The minimum absolute atomic E-state index is 0.704. The smallest absolute Gasteiger partial charge is 0.114 e. The zero-order valence-corrected chi connectivity index (χ0v) is 14.4. The van der Waals surface area contributed by atoms with Crippen molar-refractivity contribution in [1.29, 1.82) is 0 Å². The van der Waals surface area contributed by atoms with E-state index in [0.717, 1.165) is 42.0 Å². The molecule has 2 aromatic carbocycles. The van der Waals surface area contributed by atoms with Gasteiger partial charge in [-0.15, -0.1) is 0 Å². The highest BCUT2D eigenvalue weighted by Crippen LogP contribution is 2.39. The maximum atomic E-state index is 6.12. The molecule has 3 rings (SSSR count). The SMILES string of the molecule is C=C1c2ccc(Cl)cc2N=C(CC)N1c1ccccc1CCC. The first-order valence-corrected chi connectivity index (χ1v) is 8.48. The molecule has 3 heteroatoms. The van der Waals surface area contributed by atoms with E-state index in [1.54, 1.807) is 0 Å². The summed E-state index contributed by atoms with van der Waals surface area (Å²) in [4.78, 5) is 7.03. The van der Waals surface area contributed by atoms with Crippen molar-refractivity contribution < 1.29 is 0 Å². The first-order valence-electron chi connectivity index (χ1n) is 8.10. The fourth-order valence-electron chi connectivity index (χ4n) is 3.04. The van der Waals surface area contributed by atoms with Gasteiger partial charge in [-0.05, 0) is 36.2 Å². The standard InChI is InChI=1S/C20H21ClN2/c1-4-8-15-9-6-7-10-19(15)23-14(3)17-12-11-16(21)13-18(17)22-20(23)5-2/h6-7,9-13H,3-5,8H2,1-2H3. The molecule has 0 spiro atoms. The van der Waals surface area contributed by atoms with Crippen molar-refractivity contribution in [3.8, 4) is 0 Å². The number of fused-ring (bicyclic) bond motifs is 1. The summed E-state index contributed by atoms with van der Waals surface area (Å²) in [5.74, 6) is 1.01. The number of halogens is 1. The zero-order valence-electron chi connectivity index (χ0n) is 13.6. The second kappa shape index (κ2) is 6.59. The summed E-state index contributed by atoms with van der Waals surface area (Å²) in [6, 6.07) is 14.3. The lowest BCUT2D eigenvalue weighted by Gasteiger charge is -2.33. The number of nitrogens with zero attached hydrogens (tertiary/aromatic N) is 2. The Morgan fingerprint density at radius 1 is 1.13 bits per heavy atom. The van der Waals surface area contributed by atoms with Gasteiger partial charge in [-0.25, -0.2) is 4.99 Å². The molecule has 0 unspecified atom stereocenters. The van der Waals surface area contributed by atoms with Gasteiger partial charge in [-0.3, -0.25) is 4.90 Å². The topological polar surface area (TPSA) is 15.6 Å². The van der Waals surface area contributed by atoms with Crippen LogP contribution in [-0.2, 0) is 6.42 Å². The predicted molar refractivity (Wildman–Crippen MR) is 101 cm³/mol. The molecule has 1 heterocycles. The van der Waals surface area contributed by atoms with E-state index in [1.165, 1.54) is 11.3 Å². The molecular weight excluding hydrogens is 304 g/mol. The van der Waals surface area contributed by atoms with E-state index >= 15 is 0 Å². The van der Waals surface area contributed by atoms with Crippen molar-refractivity contribution in [2.45, 2.75) is 33.1 Å². The third-order valence-corrected chi connectivity index (χ3v) is 4.35. The molecule has 0 N–H and O–H groups in total. The summed E-state index contributed by atoms with van der Waals surface area (Å²) in [7, 11) is 0. The number of hydrogen-bond donors (Lipinski definition) is 0. The molecule has 0 radical (unpaired) electrons. The van der Waals surface area contributed by atoms with E-state index < -0.39 is 0 Å². The van der Waals surface area contributed by atoms with Gasteiger partial charge in [0.2, 0.25) is 0 Å². The highest BCUT2D eigenvalue weighted by atomic mass is 35.5. The number of aryl methyl sites for hydroxylation is 1. The lowest BCUT2D eigenvalue weighted by Crippen LogP contribution is -2.31. The molecule has 23 heavy (non-hydrogen) atoms. The predicted octanol–water partition coefficient (Wildman–Crippen LogP) is 6.22. The number of amidine groups is 1. The highest BCUT2D eigenvalue weighted by Gasteiger charge is 2.25. The average molecular weight is 325 g/mol. The Morgan fingerprint density at radius 2 is 1.91 bits per heavy atom. The molecule has 0 saturated carbocycles. The summed E-state index contributed by atoms with van der Waals surface area (Å²) in [5, 5.41) is 0.704. The number of aliphatic imine (C=N–C) groups is 1. The van der Waals surface area contributed by atoms with Gasteiger partial charge in [-0.2, -0.15) is 0 Å². The van der Waals surface area contributed by atoms with Crippen LogP contribution in [0.2, 0.25) is 5.02 Å². The Balaban J connectivity index is 2.14. The Morgan fingerprint density at radius 3 is 2.65 bits per heavy atom. The second-order valence-corrected chi connectivity index (χ2v) is 6.14. The van der Waals surface area contributed by atoms with Gasteiger partial charge in [0.25, 0.3) is 0 Å². The third kappa shape index (κ3) is 2.91. The lowest BCUT2D eigenvalue weighted by atomic mass is 10.0. The second-order valence-electron chi connectivity index (χ2n) is 5.70. The fourth-order valence-corrected chi connectivity index (χ4v) is 3.20. The molecule has 0 aliphatic carbocycles. The Hall–Kier alpha value is -2.06. The van der Waals surface area contributed by atoms with Gasteiger partial charge in [0.05, 0.1) is 11.4 Å². The van der Waals surface area contributed by atoms with Gasteiger partial charge >= 0.3 is 0 Å². The van der Waals surface area contributed by atoms with E-state index in [2.05, 4.69) is 49.6 Å². The molecule has 0 atom stereocenters. The molecule has 0 aromatic heterocycles. The molecule has 0 amide bonds. The van der Waals surface area contributed by atoms with Gasteiger partial charge in [0, 0.05) is 22.7 Å². The third-order valence-electron chi connectivity index (χ3n) is 4.12. The number of hydrogen-bond acceptors (Lipinski definition) is 2. The van der Waals surface area contributed by atoms with Crippen LogP contribution in [-0.4, -0.2) is 5.84 Å². The molecule has 0 fully saturated rings. The Labute approximate surface area is 143 Å². The molecule has 1 aliphatic heterocycles. The molecule has 118 valence electrons. The van der Waals surface area contributed by atoms with Crippen molar-refractivity contribution in [1.82, 2.24) is 0 Å². The van der Waals surface area contributed by atoms with Crippen molar-refractivity contribution in [2.24, 2.45) is 4.99 Å². The van der Waals surface area contributed by atoms with Crippen LogP contribution in [0.3, 0.4) is 0 Å². The minimum Gasteiger partial charge on any atom is -0.298 e. The summed E-state index contributed by atoms with van der Waals surface area (Å²) in [5.41, 5.74) is 5.42. The summed E-state index contributed by atoms with van der Waals surface area (Å²) >= 11 is 6.12. The Bertz CT molecular complexity index is 777. The number of rotatable bonds is 4. The quantitative estimate of drug-likeness (QED) is 0.651. The van der Waals surface area contributed by atoms with Crippen LogP contribution in [0.15, 0.2) is 54.0 Å². The molecule has 0 bridgehead atoms. The lowest BCUT2D eigenvalue weighted by molar-refractivity contribution is 0.919. The summed E-state index contributed by atoms with van der Waals surface area (Å²) in [6.45, 7) is 8.67. The maximum absolute atomic E-state index is 6.12. The first-order chi connectivity index (χ1) is 11.2. The number of benzene rings is 2. The molecular formula is C20H21ClN2. The minimum atomic E-state index is 0.704. The average Bonchev–Trinajstić information content (AvgIpc) is 2.55. The zero-order chi connectivity index (χ0) is 16.4. The van der Waals surface area contributed by atoms with Crippen LogP contribution < -0.4 is 4.90 Å². The molecule has 1 aliphatic rings. The molecule has 2 nitrogen and oxygen atoms in total. The van der Waals surface area contributed by atoms with E-state index in [9.17, 15) is 0 Å². The maximum Gasteiger partial charge on any atom is 0.114 e. The van der Waals surface area contributed by atoms with Gasteiger partial charge in [0.1, 0.15) is 5.84 Å². The fraction of sp³-hybridized carbons (Fsp3) is 0.250. The van der Waals surface area contributed by atoms with Gasteiger partial charge in [0.15, 0.2) is 0 Å². The van der Waals surface area contributed by atoms with E-state index in [0.29, 0.717) is 5.02 Å². The van der Waals surface area contributed by atoms with Crippen LogP contribution in [0.4, 0.5) is 11.4 Å². The molecule has 0 saturated heterocycles. The number of para-hydroxylation sites is 1. The largest absolute Gasteiger partial charge is 0.298 e. The Kier molecular flexibility index (Phi) is 4.53. The summed E-state index contributed by atoms with van der Waals surface area (Å²) in [6.07, 6.45) is 3.00. The van der Waals surface area contributed by atoms with Crippen molar-refractivity contribution in [3.63, 3.8) is 0 Å². The van der Waals surface area contributed by atoms with Crippen molar-refractivity contribution >= 4 is 34.5 Å². The monoisotopic (exact) mass is 324 g/mol. The van der Waals surface area contributed by atoms with Gasteiger partial charge < -0.3 is 0 Å². The van der Waals surface area contributed by atoms with Crippen molar-refractivity contribution in [2.75, 3.05) is 4.90 Å².